The Bertz CT molecular complexity index is 437. The number of thiol groups is 1. The molecule has 1 aromatic heterocycles. The Kier molecular flexibility index (Phi) is 4.36. The SMILES string of the molecule is O=c1ccc(Br)cn1CC1(CS)CCCCC1. The second kappa shape index (κ2) is 5.61. The third-order valence-electron chi connectivity index (χ3n) is 3.70. The van der Waals surface area contributed by atoms with Crippen LogP contribution in [0.5, 0.6) is 0 Å². The molecule has 17 heavy (non-hydrogen) atoms. The fourth-order valence-electron chi connectivity index (χ4n) is 2.66. The molecule has 0 aromatic carbocycles. The number of nitrogens with zero attached hydrogens (tertiary/aromatic N) is 1. The molecule has 2 rings (SSSR count). The summed E-state index contributed by atoms with van der Waals surface area (Å²) in [6.45, 7) is 0.800. The van der Waals surface area contributed by atoms with Gasteiger partial charge in [-0.05, 0) is 46.0 Å². The molecule has 0 bridgehead atoms. The maximum absolute atomic E-state index is 11.8. The van der Waals surface area contributed by atoms with E-state index in [0.717, 1.165) is 16.8 Å². The molecule has 1 saturated carbocycles. The van der Waals surface area contributed by atoms with Crippen LogP contribution in [0.2, 0.25) is 0 Å². The second-order valence-electron chi connectivity index (χ2n) is 5.03. The van der Waals surface area contributed by atoms with E-state index in [2.05, 4.69) is 28.6 Å². The highest BCUT2D eigenvalue weighted by molar-refractivity contribution is 9.10. The Hall–Kier alpha value is -0.220. The van der Waals surface area contributed by atoms with Crippen molar-refractivity contribution in [3.63, 3.8) is 0 Å². The maximum atomic E-state index is 11.8. The van der Waals surface area contributed by atoms with Crippen molar-refractivity contribution in [2.24, 2.45) is 5.41 Å². The molecule has 0 spiro atoms. The van der Waals surface area contributed by atoms with Gasteiger partial charge < -0.3 is 4.57 Å². The maximum Gasteiger partial charge on any atom is 0.250 e. The Morgan fingerprint density at radius 3 is 2.65 bits per heavy atom. The van der Waals surface area contributed by atoms with Crippen LogP contribution in [0, 0.1) is 5.41 Å². The van der Waals surface area contributed by atoms with E-state index < -0.39 is 0 Å². The third-order valence-corrected chi connectivity index (χ3v) is 4.84. The van der Waals surface area contributed by atoms with Gasteiger partial charge in [0.1, 0.15) is 0 Å². The van der Waals surface area contributed by atoms with Gasteiger partial charge in [-0.15, -0.1) is 0 Å². The van der Waals surface area contributed by atoms with Crippen molar-refractivity contribution in [1.82, 2.24) is 4.57 Å². The summed E-state index contributed by atoms with van der Waals surface area (Å²) < 4.78 is 2.79. The third kappa shape index (κ3) is 3.16. The minimum absolute atomic E-state index is 0.0833. The van der Waals surface area contributed by atoms with Crippen LogP contribution in [0.4, 0.5) is 0 Å². The van der Waals surface area contributed by atoms with E-state index >= 15 is 0 Å². The highest BCUT2D eigenvalue weighted by Gasteiger charge is 2.31. The predicted octanol–water partition coefficient (Wildman–Crippen LogP) is 3.49. The molecule has 94 valence electrons. The zero-order valence-corrected chi connectivity index (χ0v) is 12.3. The van der Waals surface area contributed by atoms with Crippen molar-refractivity contribution in [3.05, 3.63) is 33.2 Å². The van der Waals surface area contributed by atoms with E-state index in [4.69, 9.17) is 0 Å². The summed E-state index contributed by atoms with van der Waals surface area (Å²) >= 11 is 7.93. The number of rotatable bonds is 3. The van der Waals surface area contributed by atoms with Gasteiger partial charge in [0.15, 0.2) is 0 Å². The average Bonchev–Trinajstić information content (AvgIpc) is 2.35. The van der Waals surface area contributed by atoms with Crippen LogP contribution in [0.25, 0.3) is 0 Å². The summed E-state index contributed by atoms with van der Waals surface area (Å²) in [6.07, 6.45) is 8.13. The zero-order valence-electron chi connectivity index (χ0n) is 9.86. The molecule has 1 heterocycles. The first-order valence-electron chi connectivity index (χ1n) is 6.12. The molecule has 0 amide bonds. The predicted molar refractivity (Wildman–Crippen MR) is 77.8 cm³/mol. The molecule has 0 unspecified atom stereocenters. The number of pyridine rings is 1. The summed E-state index contributed by atoms with van der Waals surface area (Å²) in [4.78, 5) is 11.8. The smallest absolute Gasteiger partial charge is 0.250 e. The van der Waals surface area contributed by atoms with E-state index in [0.29, 0.717) is 0 Å². The lowest BCUT2D eigenvalue weighted by Crippen LogP contribution is -2.35. The van der Waals surface area contributed by atoms with Crippen LogP contribution >= 0.6 is 28.6 Å². The van der Waals surface area contributed by atoms with E-state index in [1.54, 1.807) is 12.1 Å². The lowest BCUT2D eigenvalue weighted by Gasteiger charge is -2.36. The molecule has 0 N–H and O–H groups in total. The first-order valence-corrected chi connectivity index (χ1v) is 7.55. The number of aromatic nitrogens is 1. The fourth-order valence-corrected chi connectivity index (χ4v) is 3.45. The zero-order chi connectivity index (χ0) is 12.3. The van der Waals surface area contributed by atoms with Crippen molar-refractivity contribution >= 4 is 28.6 Å². The van der Waals surface area contributed by atoms with Crippen LogP contribution in [0.3, 0.4) is 0 Å². The molecule has 0 aliphatic heterocycles. The average molecular weight is 316 g/mol. The quantitative estimate of drug-likeness (QED) is 0.847. The Morgan fingerprint density at radius 2 is 2.00 bits per heavy atom. The van der Waals surface area contributed by atoms with Gasteiger partial charge >= 0.3 is 0 Å². The van der Waals surface area contributed by atoms with Crippen LogP contribution in [0.15, 0.2) is 27.6 Å². The fraction of sp³-hybridized carbons (Fsp3) is 0.615. The van der Waals surface area contributed by atoms with Crippen LogP contribution in [-0.2, 0) is 6.54 Å². The first-order chi connectivity index (χ1) is 8.15. The van der Waals surface area contributed by atoms with E-state index in [1.807, 2.05) is 10.8 Å². The van der Waals surface area contributed by atoms with Crippen LogP contribution in [0.1, 0.15) is 32.1 Å². The molecule has 0 radical (unpaired) electrons. The van der Waals surface area contributed by atoms with Crippen molar-refractivity contribution in [2.45, 2.75) is 38.6 Å². The highest BCUT2D eigenvalue weighted by atomic mass is 79.9. The summed E-state index contributed by atoms with van der Waals surface area (Å²) in [5, 5.41) is 0. The normalized spacial score (nSPS) is 19.2. The molecule has 0 atom stereocenters. The molecular formula is C13H18BrNOS. The summed E-state index contributed by atoms with van der Waals surface area (Å²) in [7, 11) is 0. The number of halogens is 1. The van der Waals surface area contributed by atoms with Crippen molar-refractivity contribution in [2.75, 3.05) is 5.75 Å². The van der Waals surface area contributed by atoms with E-state index in [1.165, 1.54) is 32.1 Å². The Balaban J connectivity index is 2.23. The molecule has 0 saturated heterocycles. The van der Waals surface area contributed by atoms with Gasteiger partial charge in [0, 0.05) is 23.3 Å². The Labute approximate surface area is 116 Å². The molecule has 4 heteroatoms. The van der Waals surface area contributed by atoms with Gasteiger partial charge in [-0.25, -0.2) is 0 Å². The molecule has 1 aliphatic carbocycles. The van der Waals surface area contributed by atoms with E-state index in [-0.39, 0.29) is 11.0 Å². The van der Waals surface area contributed by atoms with E-state index in [9.17, 15) is 4.79 Å². The molecule has 2 nitrogen and oxygen atoms in total. The highest BCUT2D eigenvalue weighted by Crippen LogP contribution is 2.38. The molecule has 1 aromatic rings. The molecular weight excluding hydrogens is 298 g/mol. The first kappa shape index (κ1) is 13.2. The molecule has 1 fully saturated rings. The van der Waals surface area contributed by atoms with Gasteiger partial charge in [0.25, 0.3) is 5.56 Å². The van der Waals surface area contributed by atoms with Crippen molar-refractivity contribution < 1.29 is 0 Å². The van der Waals surface area contributed by atoms with Gasteiger partial charge in [-0.1, -0.05) is 19.3 Å². The van der Waals surface area contributed by atoms with Crippen molar-refractivity contribution in [1.29, 1.82) is 0 Å². The van der Waals surface area contributed by atoms with Gasteiger partial charge in [0.05, 0.1) is 0 Å². The van der Waals surface area contributed by atoms with Gasteiger partial charge in [-0.2, -0.15) is 12.6 Å². The topological polar surface area (TPSA) is 22.0 Å². The largest absolute Gasteiger partial charge is 0.314 e. The minimum atomic E-state index is 0.0833. The van der Waals surface area contributed by atoms with Gasteiger partial charge in [-0.3, -0.25) is 4.79 Å². The van der Waals surface area contributed by atoms with Gasteiger partial charge in [0.2, 0.25) is 0 Å². The summed E-state index contributed by atoms with van der Waals surface area (Å²) in [5.74, 6) is 0.867. The lowest BCUT2D eigenvalue weighted by atomic mass is 9.75. The van der Waals surface area contributed by atoms with Crippen molar-refractivity contribution in [3.8, 4) is 0 Å². The standard InChI is InChI=1S/C13H18BrNOS/c14-11-4-5-12(16)15(8-11)9-13(10-17)6-2-1-3-7-13/h4-5,8,17H,1-3,6-7,9-10H2. The molecule has 1 aliphatic rings. The van der Waals surface area contributed by atoms with Crippen LogP contribution in [-0.4, -0.2) is 10.3 Å². The second-order valence-corrected chi connectivity index (χ2v) is 6.26. The minimum Gasteiger partial charge on any atom is -0.314 e. The monoisotopic (exact) mass is 315 g/mol. The van der Waals surface area contributed by atoms with Crippen LogP contribution < -0.4 is 5.56 Å². The summed E-state index contributed by atoms with van der Waals surface area (Å²) in [6, 6.07) is 3.42. The number of hydrogen-bond acceptors (Lipinski definition) is 2. The summed E-state index contributed by atoms with van der Waals surface area (Å²) in [5.41, 5.74) is 0.298. The Morgan fingerprint density at radius 1 is 1.29 bits per heavy atom. The number of hydrogen-bond donors (Lipinski definition) is 1. The lowest BCUT2D eigenvalue weighted by molar-refractivity contribution is 0.188.